The van der Waals surface area contributed by atoms with Gasteiger partial charge >= 0.3 is 0 Å². The summed E-state index contributed by atoms with van der Waals surface area (Å²) < 4.78 is 10.7. The molecule has 1 aromatic rings. The summed E-state index contributed by atoms with van der Waals surface area (Å²) in [7, 11) is 1.59. The first-order valence-corrected chi connectivity index (χ1v) is 6.98. The molecule has 5 nitrogen and oxygen atoms in total. The Morgan fingerprint density at radius 3 is 2.67 bits per heavy atom. The summed E-state index contributed by atoms with van der Waals surface area (Å²) >= 11 is 0. The van der Waals surface area contributed by atoms with Crippen molar-refractivity contribution in [2.45, 2.75) is 13.8 Å². The van der Waals surface area contributed by atoms with Crippen LogP contribution in [0, 0.1) is 11.8 Å². The highest BCUT2D eigenvalue weighted by molar-refractivity contribution is 5.93. The zero-order chi connectivity index (χ0) is 14.5. The molecule has 1 unspecified atom stereocenters. The Labute approximate surface area is 131 Å². The quantitative estimate of drug-likeness (QED) is 0.846. The number of carbonyl (C=O) groups excluding carboxylic acids is 1. The summed E-state index contributed by atoms with van der Waals surface area (Å²) in [5.74, 6) is 1.79. The van der Waals surface area contributed by atoms with Crippen LogP contribution in [0.5, 0.6) is 11.5 Å². The lowest BCUT2D eigenvalue weighted by atomic mass is 9.88. The highest BCUT2D eigenvalue weighted by Crippen LogP contribution is 2.30. The predicted molar refractivity (Wildman–Crippen MR) is 85.6 cm³/mol. The summed E-state index contributed by atoms with van der Waals surface area (Å²) in [5.41, 5.74) is 0.731. The van der Waals surface area contributed by atoms with E-state index in [0.29, 0.717) is 24.0 Å². The van der Waals surface area contributed by atoms with Crippen LogP contribution in [0.4, 0.5) is 5.69 Å². The van der Waals surface area contributed by atoms with Gasteiger partial charge in [0.2, 0.25) is 5.91 Å². The number of carbonyl (C=O) groups is 1. The molecule has 0 radical (unpaired) electrons. The number of ether oxygens (including phenoxy) is 2. The lowest BCUT2D eigenvalue weighted by Crippen LogP contribution is -2.48. The summed E-state index contributed by atoms with van der Waals surface area (Å²) in [5, 5.41) is 6.12. The Balaban J connectivity index is 0.00000220. The van der Waals surface area contributed by atoms with E-state index in [1.807, 2.05) is 26.0 Å². The smallest absolute Gasteiger partial charge is 0.227 e. The first-order valence-electron chi connectivity index (χ1n) is 6.98. The second kappa shape index (κ2) is 8.10. The Hall–Kier alpha value is -1.46. The number of rotatable bonds is 6. The number of amides is 1. The van der Waals surface area contributed by atoms with Gasteiger partial charge in [0.25, 0.3) is 0 Å². The van der Waals surface area contributed by atoms with Gasteiger partial charge in [-0.2, -0.15) is 0 Å². The van der Waals surface area contributed by atoms with E-state index in [1.54, 1.807) is 13.2 Å². The van der Waals surface area contributed by atoms with Gasteiger partial charge in [-0.25, -0.2) is 0 Å². The fraction of sp³-hybridized carbons (Fsp3) is 0.533. The molecule has 2 N–H and O–H groups in total. The van der Waals surface area contributed by atoms with Gasteiger partial charge in [0.15, 0.2) is 11.5 Å². The molecule has 1 fully saturated rings. The van der Waals surface area contributed by atoms with E-state index in [1.165, 1.54) is 0 Å². The molecular formula is C15H23ClN2O3. The number of benzene rings is 1. The number of anilines is 1. The number of hydrogen-bond acceptors (Lipinski definition) is 4. The lowest BCUT2D eigenvalue weighted by Gasteiger charge is -2.31. The van der Waals surface area contributed by atoms with E-state index in [0.717, 1.165) is 18.8 Å². The summed E-state index contributed by atoms with van der Waals surface area (Å²) in [4.78, 5) is 12.1. The van der Waals surface area contributed by atoms with Crippen molar-refractivity contribution in [3.8, 4) is 11.5 Å². The molecule has 6 heteroatoms. The maximum Gasteiger partial charge on any atom is 0.227 e. The van der Waals surface area contributed by atoms with Gasteiger partial charge in [-0.1, -0.05) is 6.92 Å². The van der Waals surface area contributed by atoms with Crippen LogP contribution in [0.3, 0.4) is 0 Å². The van der Waals surface area contributed by atoms with Crippen molar-refractivity contribution in [1.82, 2.24) is 5.32 Å². The van der Waals surface area contributed by atoms with Gasteiger partial charge in [-0.3, -0.25) is 4.79 Å². The Kier molecular flexibility index (Phi) is 6.78. The SMILES string of the molecule is CCOc1ccc(NC(=O)C(C)C2CNC2)cc1OC.Cl. The van der Waals surface area contributed by atoms with Crippen LogP contribution in [0.15, 0.2) is 18.2 Å². The molecule has 1 heterocycles. The zero-order valence-electron chi connectivity index (χ0n) is 12.6. The van der Waals surface area contributed by atoms with E-state index in [2.05, 4.69) is 10.6 Å². The molecule has 0 aliphatic carbocycles. The van der Waals surface area contributed by atoms with Crippen molar-refractivity contribution in [2.75, 3.05) is 32.1 Å². The topological polar surface area (TPSA) is 59.6 Å². The summed E-state index contributed by atoms with van der Waals surface area (Å²) in [6.07, 6.45) is 0. The van der Waals surface area contributed by atoms with Crippen molar-refractivity contribution < 1.29 is 14.3 Å². The molecule has 0 aromatic heterocycles. The average Bonchev–Trinajstić information content (AvgIpc) is 2.38. The van der Waals surface area contributed by atoms with Crippen molar-refractivity contribution in [3.63, 3.8) is 0 Å². The third-order valence-electron chi connectivity index (χ3n) is 3.66. The minimum absolute atomic E-state index is 0. The number of nitrogens with one attached hydrogen (secondary N) is 2. The second-order valence-corrected chi connectivity index (χ2v) is 4.99. The molecule has 1 saturated heterocycles. The third-order valence-corrected chi connectivity index (χ3v) is 3.66. The maximum absolute atomic E-state index is 12.1. The molecule has 1 aromatic carbocycles. The number of halogens is 1. The minimum atomic E-state index is 0. The first-order chi connectivity index (χ1) is 9.65. The van der Waals surface area contributed by atoms with Crippen LogP contribution in [-0.2, 0) is 4.79 Å². The third kappa shape index (κ3) is 4.25. The number of hydrogen-bond donors (Lipinski definition) is 2. The molecule has 0 bridgehead atoms. The molecule has 118 valence electrons. The van der Waals surface area contributed by atoms with Crippen LogP contribution in [0.1, 0.15) is 13.8 Å². The van der Waals surface area contributed by atoms with E-state index < -0.39 is 0 Å². The molecule has 0 saturated carbocycles. The fourth-order valence-corrected chi connectivity index (χ4v) is 2.15. The predicted octanol–water partition coefficient (Wildman–Crippen LogP) is 2.31. The highest BCUT2D eigenvalue weighted by Gasteiger charge is 2.28. The van der Waals surface area contributed by atoms with Gasteiger partial charge in [-0.15, -0.1) is 12.4 Å². The molecule has 1 atom stereocenters. The standard InChI is InChI=1S/C15H22N2O3.ClH/c1-4-20-13-6-5-12(7-14(13)19-3)17-15(18)10(2)11-8-16-9-11;/h5-7,10-11,16H,4,8-9H2,1-3H3,(H,17,18);1H. The van der Waals surface area contributed by atoms with Gasteiger partial charge in [0.05, 0.1) is 13.7 Å². The summed E-state index contributed by atoms with van der Waals surface area (Å²) in [6.45, 7) is 6.30. The summed E-state index contributed by atoms with van der Waals surface area (Å²) in [6, 6.07) is 5.43. The first kappa shape index (κ1) is 17.6. The molecule has 2 rings (SSSR count). The highest BCUT2D eigenvalue weighted by atomic mass is 35.5. The Morgan fingerprint density at radius 2 is 2.14 bits per heavy atom. The van der Waals surface area contributed by atoms with Crippen LogP contribution < -0.4 is 20.1 Å². The van der Waals surface area contributed by atoms with E-state index in [4.69, 9.17) is 9.47 Å². The molecule has 1 aliphatic rings. The Bertz CT molecular complexity index is 478. The fourth-order valence-electron chi connectivity index (χ4n) is 2.15. The number of methoxy groups -OCH3 is 1. The molecule has 1 aliphatic heterocycles. The van der Waals surface area contributed by atoms with Gasteiger partial charge in [0.1, 0.15) is 0 Å². The van der Waals surface area contributed by atoms with Crippen molar-refractivity contribution in [3.05, 3.63) is 18.2 Å². The largest absolute Gasteiger partial charge is 0.493 e. The molecular weight excluding hydrogens is 292 g/mol. The van der Waals surface area contributed by atoms with Crippen LogP contribution in [0.25, 0.3) is 0 Å². The molecule has 1 amide bonds. The van der Waals surface area contributed by atoms with Crippen LogP contribution >= 0.6 is 12.4 Å². The lowest BCUT2D eigenvalue weighted by molar-refractivity contribution is -0.121. The van der Waals surface area contributed by atoms with Gasteiger partial charge in [-0.05, 0) is 38.1 Å². The monoisotopic (exact) mass is 314 g/mol. The normalized spacial score (nSPS) is 15.4. The van der Waals surface area contributed by atoms with Gasteiger partial charge < -0.3 is 20.1 Å². The molecule has 0 spiro atoms. The minimum Gasteiger partial charge on any atom is -0.493 e. The van der Waals surface area contributed by atoms with Gasteiger partial charge in [0, 0.05) is 17.7 Å². The van der Waals surface area contributed by atoms with E-state index in [-0.39, 0.29) is 24.2 Å². The average molecular weight is 315 g/mol. The van der Waals surface area contributed by atoms with Crippen molar-refractivity contribution >= 4 is 24.0 Å². The van der Waals surface area contributed by atoms with E-state index >= 15 is 0 Å². The van der Waals surface area contributed by atoms with Crippen LogP contribution in [-0.4, -0.2) is 32.7 Å². The van der Waals surface area contributed by atoms with Crippen molar-refractivity contribution in [2.24, 2.45) is 11.8 Å². The van der Waals surface area contributed by atoms with E-state index in [9.17, 15) is 4.79 Å². The maximum atomic E-state index is 12.1. The second-order valence-electron chi connectivity index (χ2n) is 4.99. The van der Waals surface area contributed by atoms with Crippen LogP contribution in [0.2, 0.25) is 0 Å². The van der Waals surface area contributed by atoms with Crippen molar-refractivity contribution in [1.29, 1.82) is 0 Å². The molecule has 21 heavy (non-hydrogen) atoms. The Morgan fingerprint density at radius 1 is 1.43 bits per heavy atom. The zero-order valence-corrected chi connectivity index (χ0v) is 13.5.